The van der Waals surface area contributed by atoms with Gasteiger partial charge in [-0.05, 0) is 54.4 Å². The van der Waals surface area contributed by atoms with Crippen LogP contribution in [0.25, 0.3) is 10.6 Å². The Kier molecular flexibility index (Phi) is 4.14. The van der Waals surface area contributed by atoms with Crippen molar-refractivity contribution in [2.75, 3.05) is 0 Å². The first kappa shape index (κ1) is 13.6. The highest BCUT2D eigenvalue weighted by Crippen LogP contribution is 2.29. The van der Waals surface area contributed by atoms with Crippen LogP contribution in [0.1, 0.15) is 26.1 Å². The Bertz CT molecular complexity index is 531. The van der Waals surface area contributed by atoms with E-state index in [1.165, 1.54) is 0 Å². The van der Waals surface area contributed by atoms with Crippen molar-refractivity contribution >= 4 is 27.3 Å². The van der Waals surface area contributed by atoms with Crippen molar-refractivity contribution in [2.24, 2.45) is 5.73 Å². The van der Waals surface area contributed by atoms with Crippen molar-refractivity contribution in [3.8, 4) is 10.6 Å². The number of aryl methyl sites for hydroxylation is 1. The topological polar surface area (TPSA) is 51.8 Å². The third-order valence-electron chi connectivity index (χ3n) is 2.52. The Hall–Kier alpha value is -0.780. The number of nitrogens with two attached hydrogens (primary N) is 1. The molecule has 3 nitrogen and oxygen atoms in total. The van der Waals surface area contributed by atoms with Crippen LogP contribution in [-0.2, 0) is 6.42 Å². The second kappa shape index (κ2) is 5.47. The summed E-state index contributed by atoms with van der Waals surface area (Å²) >= 11 is 5.14. The van der Waals surface area contributed by atoms with Crippen LogP contribution in [0.5, 0.6) is 0 Å². The Labute approximate surface area is 120 Å². The summed E-state index contributed by atoms with van der Waals surface area (Å²) in [5, 5.41) is 0. The van der Waals surface area contributed by atoms with Crippen molar-refractivity contribution in [2.45, 2.75) is 32.2 Å². The molecule has 0 radical (unpaired) electrons. The lowest BCUT2D eigenvalue weighted by atomic mass is 10.00. The van der Waals surface area contributed by atoms with E-state index >= 15 is 0 Å². The fourth-order valence-corrected chi connectivity index (χ4v) is 2.90. The van der Waals surface area contributed by atoms with Gasteiger partial charge in [0.2, 0.25) is 0 Å². The van der Waals surface area contributed by atoms with Gasteiger partial charge in [-0.1, -0.05) is 0 Å². The lowest BCUT2D eigenvalue weighted by molar-refractivity contribution is 0.471. The zero-order chi connectivity index (χ0) is 13.2. The molecule has 2 rings (SSSR count). The normalized spacial score (nSPS) is 11.8. The number of rotatable bonds is 4. The van der Waals surface area contributed by atoms with E-state index in [0.717, 1.165) is 33.0 Å². The molecule has 0 saturated heterocycles. The lowest BCUT2D eigenvalue weighted by Crippen LogP contribution is -2.32. The van der Waals surface area contributed by atoms with Crippen molar-refractivity contribution in [1.29, 1.82) is 0 Å². The summed E-state index contributed by atoms with van der Waals surface area (Å²) in [6, 6.07) is 6.04. The summed E-state index contributed by atoms with van der Waals surface area (Å²) in [6.07, 6.45) is 3.50. The summed E-state index contributed by atoms with van der Waals surface area (Å²) < 4.78 is 1.11. The molecule has 0 aliphatic heterocycles. The van der Waals surface area contributed by atoms with Crippen LogP contribution in [-0.4, -0.2) is 15.5 Å². The Morgan fingerprint density at radius 2 is 2.11 bits per heavy atom. The first-order valence-corrected chi connectivity index (χ1v) is 7.41. The minimum absolute atomic E-state index is 0.175. The number of hydrogen-bond acceptors (Lipinski definition) is 4. The van der Waals surface area contributed by atoms with Gasteiger partial charge in [0.15, 0.2) is 0 Å². The molecule has 0 bridgehead atoms. The number of aromatic nitrogens is 2. The third kappa shape index (κ3) is 3.86. The standard InChI is InChI=1S/C13H16BrN3S/c1-13(2,15)7-5-12-16-8-6-9(17-12)10-3-4-11(14)18-10/h3-4,6,8H,5,7,15H2,1-2H3. The highest BCUT2D eigenvalue weighted by atomic mass is 79.9. The summed E-state index contributed by atoms with van der Waals surface area (Å²) in [6.45, 7) is 4.04. The highest BCUT2D eigenvalue weighted by molar-refractivity contribution is 9.11. The molecule has 0 aliphatic rings. The highest BCUT2D eigenvalue weighted by Gasteiger charge is 2.12. The Morgan fingerprint density at radius 1 is 1.33 bits per heavy atom. The van der Waals surface area contributed by atoms with Gasteiger partial charge < -0.3 is 5.73 Å². The summed E-state index contributed by atoms with van der Waals surface area (Å²) in [5.41, 5.74) is 6.78. The van der Waals surface area contributed by atoms with Gasteiger partial charge in [0, 0.05) is 18.2 Å². The molecule has 2 N–H and O–H groups in total. The molecule has 0 spiro atoms. The van der Waals surface area contributed by atoms with Gasteiger partial charge in [0.25, 0.3) is 0 Å². The van der Waals surface area contributed by atoms with Gasteiger partial charge in [0.1, 0.15) is 5.82 Å². The molecule has 0 aromatic carbocycles. The van der Waals surface area contributed by atoms with Gasteiger partial charge >= 0.3 is 0 Å². The molecule has 0 fully saturated rings. The SMILES string of the molecule is CC(C)(N)CCc1nccc(-c2ccc(Br)s2)n1. The molecular weight excluding hydrogens is 310 g/mol. The maximum atomic E-state index is 5.98. The number of halogens is 1. The molecule has 2 aromatic rings. The molecule has 96 valence electrons. The molecule has 0 aliphatic carbocycles. The number of hydrogen-bond donors (Lipinski definition) is 1. The van der Waals surface area contributed by atoms with E-state index < -0.39 is 0 Å². The van der Waals surface area contributed by atoms with Gasteiger partial charge in [0.05, 0.1) is 14.4 Å². The van der Waals surface area contributed by atoms with E-state index in [1.807, 2.05) is 32.2 Å². The van der Waals surface area contributed by atoms with Crippen LogP contribution in [0, 0.1) is 0 Å². The van der Waals surface area contributed by atoms with Crippen LogP contribution in [0.3, 0.4) is 0 Å². The summed E-state index contributed by atoms with van der Waals surface area (Å²) in [4.78, 5) is 10.0. The monoisotopic (exact) mass is 325 g/mol. The molecule has 0 saturated carbocycles. The summed E-state index contributed by atoms with van der Waals surface area (Å²) in [5.74, 6) is 0.857. The fraction of sp³-hybridized carbons (Fsp3) is 0.385. The average molecular weight is 326 g/mol. The van der Waals surface area contributed by atoms with Crippen LogP contribution < -0.4 is 5.73 Å². The van der Waals surface area contributed by atoms with E-state index in [2.05, 4.69) is 32.0 Å². The molecule has 2 aromatic heterocycles. The van der Waals surface area contributed by atoms with Crippen molar-refractivity contribution < 1.29 is 0 Å². The largest absolute Gasteiger partial charge is 0.326 e. The second-order valence-electron chi connectivity index (χ2n) is 4.95. The molecular formula is C13H16BrN3S. The minimum Gasteiger partial charge on any atom is -0.326 e. The second-order valence-corrected chi connectivity index (χ2v) is 7.41. The lowest BCUT2D eigenvalue weighted by Gasteiger charge is -2.17. The smallest absolute Gasteiger partial charge is 0.129 e. The predicted molar refractivity (Wildman–Crippen MR) is 79.6 cm³/mol. The fourth-order valence-electron chi connectivity index (χ4n) is 1.54. The van der Waals surface area contributed by atoms with E-state index in [0.29, 0.717) is 0 Å². The van der Waals surface area contributed by atoms with Crippen molar-refractivity contribution in [3.63, 3.8) is 0 Å². The van der Waals surface area contributed by atoms with Crippen LogP contribution in [0.2, 0.25) is 0 Å². The number of nitrogens with zero attached hydrogens (tertiary/aromatic N) is 2. The zero-order valence-corrected chi connectivity index (χ0v) is 12.9. The van der Waals surface area contributed by atoms with E-state index in [4.69, 9.17) is 5.73 Å². The third-order valence-corrected chi connectivity index (χ3v) is 4.17. The van der Waals surface area contributed by atoms with Crippen LogP contribution in [0.15, 0.2) is 28.2 Å². The van der Waals surface area contributed by atoms with E-state index in [9.17, 15) is 0 Å². The maximum Gasteiger partial charge on any atom is 0.129 e. The molecule has 0 unspecified atom stereocenters. The minimum atomic E-state index is -0.175. The van der Waals surface area contributed by atoms with Crippen molar-refractivity contribution in [3.05, 3.63) is 34.0 Å². The van der Waals surface area contributed by atoms with Gasteiger partial charge in [-0.25, -0.2) is 9.97 Å². The Balaban J connectivity index is 2.15. The first-order valence-electron chi connectivity index (χ1n) is 5.80. The molecule has 0 atom stereocenters. The summed E-state index contributed by atoms with van der Waals surface area (Å²) in [7, 11) is 0. The molecule has 0 amide bonds. The molecule has 5 heteroatoms. The van der Waals surface area contributed by atoms with Gasteiger partial charge in [-0.15, -0.1) is 11.3 Å². The Morgan fingerprint density at radius 3 is 2.72 bits per heavy atom. The van der Waals surface area contributed by atoms with Gasteiger partial charge in [-0.2, -0.15) is 0 Å². The molecule has 18 heavy (non-hydrogen) atoms. The van der Waals surface area contributed by atoms with Crippen LogP contribution >= 0.6 is 27.3 Å². The van der Waals surface area contributed by atoms with Crippen LogP contribution in [0.4, 0.5) is 0 Å². The van der Waals surface area contributed by atoms with Crippen molar-refractivity contribution in [1.82, 2.24) is 9.97 Å². The molecule has 2 heterocycles. The van der Waals surface area contributed by atoms with Gasteiger partial charge in [-0.3, -0.25) is 0 Å². The maximum absolute atomic E-state index is 5.98. The van der Waals surface area contributed by atoms with E-state index in [1.54, 1.807) is 11.3 Å². The predicted octanol–water partition coefficient (Wildman–Crippen LogP) is 3.64. The first-order chi connectivity index (χ1) is 8.44. The van der Waals surface area contributed by atoms with E-state index in [-0.39, 0.29) is 5.54 Å². The quantitative estimate of drug-likeness (QED) is 0.933. The average Bonchev–Trinajstić information content (AvgIpc) is 2.73. The number of thiophene rings is 1. The zero-order valence-electron chi connectivity index (χ0n) is 10.5.